The number of hydrogen-bond acceptors (Lipinski definition) is 1. The Bertz CT molecular complexity index is 336. The van der Waals surface area contributed by atoms with Gasteiger partial charge in [0, 0.05) is 11.6 Å². The van der Waals surface area contributed by atoms with Gasteiger partial charge in [0.15, 0.2) is 0 Å². The van der Waals surface area contributed by atoms with Crippen molar-refractivity contribution >= 4 is 0 Å². The standard InChI is InChI=1S/C16H25N/c1-16(2,3)17-15-12-8-7-11-14(15)13-9-5-4-6-10-13/h4-6,9-10,14-15,17H,7-8,11-12H2,1-3H3/t14-,15?/m1/s1. The molecule has 94 valence electrons. The van der Waals surface area contributed by atoms with Crippen LogP contribution in [0.15, 0.2) is 30.3 Å². The van der Waals surface area contributed by atoms with Gasteiger partial charge in [-0.25, -0.2) is 0 Å². The van der Waals surface area contributed by atoms with Crippen LogP contribution in [-0.4, -0.2) is 11.6 Å². The summed E-state index contributed by atoms with van der Waals surface area (Å²) in [5.41, 5.74) is 1.73. The Kier molecular flexibility index (Phi) is 3.88. The summed E-state index contributed by atoms with van der Waals surface area (Å²) in [6.45, 7) is 6.80. The van der Waals surface area contributed by atoms with Crippen LogP contribution in [0.3, 0.4) is 0 Å². The lowest BCUT2D eigenvalue weighted by molar-refractivity contribution is 0.265. The maximum Gasteiger partial charge on any atom is 0.0141 e. The summed E-state index contributed by atoms with van der Waals surface area (Å²) in [6, 6.07) is 11.7. The number of hydrogen-bond donors (Lipinski definition) is 1. The van der Waals surface area contributed by atoms with Crippen LogP contribution < -0.4 is 5.32 Å². The van der Waals surface area contributed by atoms with E-state index in [0.29, 0.717) is 12.0 Å². The van der Waals surface area contributed by atoms with Crippen molar-refractivity contribution in [2.24, 2.45) is 0 Å². The normalized spacial score (nSPS) is 25.8. The molecule has 0 aromatic heterocycles. The fraction of sp³-hybridized carbons (Fsp3) is 0.625. The molecule has 17 heavy (non-hydrogen) atoms. The average molecular weight is 231 g/mol. The van der Waals surface area contributed by atoms with Gasteiger partial charge in [-0.2, -0.15) is 0 Å². The van der Waals surface area contributed by atoms with E-state index in [-0.39, 0.29) is 5.54 Å². The first kappa shape index (κ1) is 12.6. The highest BCUT2D eigenvalue weighted by molar-refractivity contribution is 5.22. The van der Waals surface area contributed by atoms with Gasteiger partial charge in [0.1, 0.15) is 0 Å². The van der Waals surface area contributed by atoms with Crippen LogP contribution in [0.4, 0.5) is 0 Å². The van der Waals surface area contributed by atoms with Crippen molar-refractivity contribution in [3.63, 3.8) is 0 Å². The smallest absolute Gasteiger partial charge is 0.0141 e. The minimum absolute atomic E-state index is 0.217. The van der Waals surface area contributed by atoms with Gasteiger partial charge in [-0.1, -0.05) is 43.2 Å². The highest BCUT2D eigenvalue weighted by atomic mass is 15.0. The molecule has 0 heterocycles. The van der Waals surface area contributed by atoms with Crippen LogP contribution in [0, 0.1) is 0 Å². The Labute approximate surface area is 106 Å². The van der Waals surface area contributed by atoms with Crippen molar-refractivity contribution in [3.05, 3.63) is 35.9 Å². The van der Waals surface area contributed by atoms with E-state index in [1.807, 2.05) is 0 Å². The first-order chi connectivity index (χ1) is 8.06. The molecule has 2 atom stereocenters. The van der Waals surface area contributed by atoms with E-state index in [2.05, 4.69) is 56.4 Å². The monoisotopic (exact) mass is 231 g/mol. The fourth-order valence-electron chi connectivity index (χ4n) is 2.96. The number of rotatable bonds is 2. The lowest BCUT2D eigenvalue weighted by Crippen LogP contribution is -2.47. The van der Waals surface area contributed by atoms with E-state index < -0.39 is 0 Å². The number of benzene rings is 1. The molecule has 0 aliphatic heterocycles. The summed E-state index contributed by atoms with van der Waals surface area (Å²) in [4.78, 5) is 0. The van der Waals surface area contributed by atoms with Gasteiger partial charge in [-0.15, -0.1) is 0 Å². The van der Waals surface area contributed by atoms with Gasteiger partial charge >= 0.3 is 0 Å². The van der Waals surface area contributed by atoms with Gasteiger partial charge in [-0.3, -0.25) is 0 Å². The first-order valence-electron chi connectivity index (χ1n) is 6.89. The maximum absolute atomic E-state index is 3.81. The molecule has 1 aromatic rings. The van der Waals surface area contributed by atoms with E-state index in [4.69, 9.17) is 0 Å². The first-order valence-corrected chi connectivity index (χ1v) is 6.89. The molecule has 0 radical (unpaired) electrons. The largest absolute Gasteiger partial charge is 0.309 e. The van der Waals surface area contributed by atoms with E-state index in [0.717, 1.165) is 0 Å². The summed E-state index contributed by atoms with van der Waals surface area (Å²) in [5, 5.41) is 3.81. The molecule has 1 N–H and O–H groups in total. The van der Waals surface area contributed by atoms with Crippen LogP contribution in [0.2, 0.25) is 0 Å². The highest BCUT2D eigenvalue weighted by Crippen LogP contribution is 2.33. The van der Waals surface area contributed by atoms with Crippen molar-refractivity contribution in [2.75, 3.05) is 0 Å². The van der Waals surface area contributed by atoms with E-state index in [1.54, 1.807) is 0 Å². The quantitative estimate of drug-likeness (QED) is 0.808. The maximum atomic E-state index is 3.81. The van der Waals surface area contributed by atoms with Crippen molar-refractivity contribution < 1.29 is 0 Å². The van der Waals surface area contributed by atoms with Crippen LogP contribution in [0.25, 0.3) is 0 Å². The van der Waals surface area contributed by atoms with Crippen LogP contribution in [-0.2, 0) is 0 Å². The lowest BCUT2D eigenvalue weighted by Gasteiger charge is -2.37. The Morgan fingerprint density at radius 3 is 2.29 bits per heavy atom. The molecule has 1 fully saturated rings. The van der Waals surface area contributed by atoms with E-state index in [9.17, 15) is 0 Å². The van der Waals surface area contributed by atoms with Gasteiger partial charge in [0.2, 0.25) is 0 Å². The molecule has 2 rings (SSSR count). The third-order valence-electron chi connectivity index (χ3n) is 3.61. The Balaban J connectivity index is 2.13. The van der Waals surface area contributed by atoms with Crippen molar-refractivity contribution in [3.8, 4) is 0 Å². The fourth-order valence-corrected chi connectivity index (χ4v) is 2.96. The summed E-state index contributed by atoms with van der Waals surface area (Å²) < 4.78 is 0. The van der Waals surface area contributed by atoms with Crippen LogP contribution in [0.5, 0.6) is 0 Å². The molecular formula is C16H25N. The predicted molar refractivity (Wildman–Crippen MR) is 74.3 cm³/mol. The van der Waals surface area contributed by atoms with Crippen molar-refractivity contribution in [2.45, 2.75) is 64.0 Å². The Hall–Kier alpha value is -0.820. The van der Waals surface area contributed by atoms with E-state index >= 15 is 0 Å². The predicted octanol–water partition coefficient (Wildman–Crippen LogP) is 4.10. The molecule has 1 nitrogen and oxygen atoms in total. The zero-order chi connectivity index (χ0) is 12.3. The summed E-state index contributed by atoms with van der Waals surface area (Å²) in [5.74, 6) is 0.698. The zero-order valence-electron chi connectivity index (χ0n) is 11.4. The average Bonchev–Trinajstić information content (AvgIpc) is 2.29. The Morgan fingerprint density at radius 1 is 1.00 bits per heavy atom. The van der Waals surface area contributed by atoms with Crippen LogP contribution >= 0.6 is 0 Å². The van der Waals surface area contributed by atoms with E-state index in [1.165, 1.54) is 31.2 Å². The molecule has 1 saturated carbocycles. The second kappa shape index (κ2) is 5.22. The van der Waals surface area contributed by atoms with Gasteiger partial charge in [0.05, 0.1) is 0 Å². The Morgan fingerprint density at radius 2 is 1.65 bits per heavy atom. The molecule has 0 amide bonds. The molecular weight excluding hydrogens is 206 g/mol. The molecule has 1 aliphatic rings. The molecule has 0 saturated heterocycles. The van der Waals surface area contributed by atoms with Crippen molar-refractivity contribution in [1.29, 1.82) is 0 Å². The summed E-state index contributed by atoms with van der Waals surface area (Å²) in [7, 11) is 0. The van der Waals surface area contributed by atoms with Gasteiger partial charge in [-0.05, 0) is 45.1 Å². The second-order valence-corrected chi connectivity index (χ2v) is 6.30. The molecule has 0 spiro atoms. The molecule has 1 aliphatic carbocycles. The van der Waals surface area contributed by atoms with Crippen LogP contribution in [0.1, 0.15) is 57.9 Å². The third-order valence-corrected chi connectivity index (χ3v) is 3.61. The molecule has 1 aromatic carbocycles. The molecule has 1 heteroatoms. The third kappa shape index (κ3) is 3.57. The second-order valence-electron chi connectivity index (χ2n) is 6.30. The minimum atomic E-state index is 0.217. The van der Waals surface area contributed by atoms with Gasteiger partial charge < -0.3 is 5.32 Å². The topological polar surface area (TPSA) is 12.0 Å². The molecule has 0 bridgehead atoms. The van der Waals surface area contributed by atoms with Gasteiger partial charge in [0.25, 0.3) is 0 Å². The minimum Gasteiger partial charge on any atom is -0.309 e. The highest BCUT2D eigenvalue weighted by Gasteiger charge is 2.28. The summed E-state index contributed by atoms with van der Waals surface area (Å²) >= 11 is 0. The SMILES string of the molecule is CC(C)(C)NC1CCCC[C@@H]1c1ccccc1. The molecule has 1 unspecified atom stereocenters. The lowest BCUT2D eigenvalue weighted by atomic mass is 9.79. The zero-order valence-corrected chi connectivity index (χ0v) is 11.4. The summed E-state index contributed by atoms with van der Waals surface area (Å²) in [6.07, 6.45) is 5.40. The number of nitrogens with one attached hydrogen (secondary N) is 1. The van der Waals surface area contributed by atoms with Crippen molar-refractivity contribution in [1.82, 2.24) is 5.32 Å².